The molecule has 0 bridgehead atoms. The number of fused-ring (bicyclic) bond motifs is 1. The molecular weight excluding hydrogens is 222 g/mol. The number of nitrogens with one attached hydrogen (secondary N) is 2. The first-order valence-electron chi connectivity index (χ1n) is 5.61. The third-order valence-corrected chi connectivity index (χ3v) is 3.12. The lowest BCUT2D eigenvalue weighted by molar-refractivity contribution is 0.00972. The summed E-state index contributed by atoms with van der Waals surface area (Å²) >= 11 is 0. The number of rotatable bonds is 2. The number of ether oxygens (including phenoxy) is 1. The minimum atomic E-state index is -0.129. The fraction of sp³-hybridized carbons (Fsp3) is 0.455. The van der Waals surface area contributed by atoms with E-state index < -0.39 is 0 Å². The Hall–Kier alpha value is -1.66. The fourth-order valence-electron chi connectivity index (χ4n) is 2.24. The Morgan fingerprint density at radius 3 is 3.18 bits per heavy atom. The highest BCUT2D eigenvalue weighted by atomic mass is 16.5. The van der Waals surface area contributed by atoms with Crippen LogP contribution in [0.3, 0.4) is 0 Å². The van der Waals surface area contributed by atoms with Gasteiger partial charge in [0.15, 0.2) is 5.52 Å². The van der Waals surface area contributed by atoms with Gasteiger partial charge in [-0.3, -0.25) is 9.89 Å². The van der Waals surface area contributed by atoms with Crippen molar-refractivity contribution in [3.8, 4) is 0 Å². The lowest BCUT2D eigenvalue weighted by atomic mass is 10.1. The molecule has 1 aliphatic rings. The molecule has 0 saturated carbocycles. The van der Waals surface area contributed by atoms with Gasteiger partial charge in [0.05, 0.1) is 23.9 Å². The van der Waals surface area contributed by atoms with Crippen molar-refractivity contribution in [3.05, 3.63) is 28.2 Å². The first-order valence-corrected chi connectivity index (χ1v) is 5.61. The van der Waals surface area contributed by atoms with Gasteiger partial charge in [-0.25, -0.2) is 0 Å². The van der Waals surface area contributed by atoms with E-state index in [0.717, 1.165) is 18.5 Å². The van der Waals surface area contributed by atoms with Crippen molar-refractivity contribution >= 4 is 11.0 Å². The van der Waals surface area contributed by atoms with Crippen molar-refractivity contribution in [2.45, 2.75) is 25.0 Å². The van der Waals surface area contributed by atoms with Gasteiger partial charge < -0.3 is 14.8 Å². The molecule has 3 N–H and O–H groups in total. The monoisotopic (exact) mass is 235 g/mol. The molecule has 0 unspecified atom stereocenters. The average Bonchev–Trinajstić information content (AvgIpc) is 2.94. The predicted molar refractivity (Wildman–Crippen MR) is 60.6 cm³/mol. The second-order valence-corrected chi connectivity index (χ2v) is 4.21. The Balaban J connectivity index is 2.02. The summed E-state index contributed by atoms with van der Waals surface area (Å²) in [6.07, 6.45) is 2.99. The van der Waals surface area contributed by atoms with Crippen molar-refractivity contribution in [1.82, 2.24) is 15.2 Å². The maximum atomic E-state index is 11.5. The maximum absolute atomic E-state index is 11.5. The third kappa shape index (κ3) is 1.65. The number of H-pyrrole nitrogens is 2. The van der Waals surface area contributed by atoms with E-state index in [2.05, 4.69) is 15.2 Å². The van der Waals surface area contributed by atoms with Crippen molar-refractivity contribution in [3.63, 3.8) is 0 Å². The van der Waals surface area contributed by atoms with Gasteiger partial charge in [-0.05, 0) is 12.8 Å². The molecule has 3 heterocycles. The van der Waals surface area contributed by atoms with Gasteiger partial charge in [0.1, 0.15) is 6.10 Å². The molecule has 3 rings (SSSR count). The molecule has 1 fully saturated rings. The Labute approximate surface area is 96.6 Å². The summed E-state index contributed by atoms with van der Waals surface area (Å²) in [4.78, 5) is 14.6. The summed E-state index contributed by atoms with van der Waals surface area (Å²) in [5.41, 5.74) is 1.77. The molecule has 1 saturated heterocycles. The molecule has 0 aromatic carbocycles. The van der Waals surface area contributed by atoms with Crippen LogP contribution < -0.4 is 5.43 Å². The molecule has 0 aliphatic carbocycles. The highest BCUT2D eigenvalue weighted by Gasteiger charge is 2.29. The van der Waals surface area contributed by atoms with E-state index in [4.69, 9.17) is 9.84 Å². The first kappa shape index (κ1) is 10.5. The van der Waals surface area contributed by atoms with Gasteiger partial charge in [-0.1, -0.05) is 0 Å². The van der Waals surface area contributed by atoms with E-state index in [-0.39, 0.29) is 24.2 Å². The Kier molecular flexibility index (Phi) is 2.45. The smallest absolute Gasteiger partial charge is 0.209 e. The van der Waals surface area contributed by atoms with Gasteiger partial charge in [-0.2, -0.15) is 5.10 Å². The summed E-state index contributed by atoms with van der Waals surface area (Å²) in [6, 6.07) is 1.44. The molecule has 6 heteroatoms. The molecule has 17 heavy (non-hydrogen) atoms. The van der Waals surface area contributed by atoms with Crippen LogP contribution in [0.15, 0.2) is 17.1 Å². The van der Waals surface area contributed by atoms with E-state index >= 15 is 0 Å². The zero-order chi connectivity index (χ0) is 11.8. The molecule has 0 radical (unpaired) electrons. The highest BCUT2D eigenvalue weighted by Crippen LogP contribution is 2.33. The summed E-state index contributed by atoms with van der Waals surface area (Å²) < 4.78 is 5.66. The first-order chi connectivity index (χ1) is 8.29. The number of hydrogen-bond donors (Lipinski definition) is 3. The van der Waals surface area contributed by atoms with E-state index in [1.54, 1.807) is 6.20 Å². The van der Waals surface area contributed by atoms with Crippen LogP contribution in [-0.4, -0.2) is 33.0 Å². The van der Waals surface area contributed by atoms with Gasteiger partial charge >= 0.3 is 0 Å². The molecule has 0 amide bonds. The molecule has 1 aliphatic heterocycles. The van der Waals surface area contributed by atoms with E-state index in [0.29, 0.717) is 11.0 Å². The Bertz CT molecular complexity index is 589. The standard InChI is InChI=1S/C11H13N3O3/c15-5-6-1-2-8(17-6)10-11-9(13-14-10)7(16)3-4-12-11/h3-4,6,8,15H,1-2,5H2,(H,12,16)(H,13,14)/t6-,8+/m0/s1. The average molecular weight is 235 g/mol. The number of aliphatic hydroxyl groups excluding tert-OH is 1. The zero-order valence-electron chi connectivity index (χ0n) is 9.14. The molecular formula is C11H13N3O3. The Morgan fingerprint density at radius 1 is 1.53 bits per heavy atom. The lowest BCUT2D eigenvalue weighted by Gasteiger charge is -2.10. The van der Waals surface area contributed by atoms with E-state index in [1.165, 1.54) is 6.07 Å². The van der Waals surface area contributed by atoms with Crippen LogP contribution in [0, 0.1) is 0 Å². The number of pyridine rings is 1. The third-order valence-electron chi connectivity index (χ3n) is 3.12. The van der Waals surface area contributed by atoms with Crippen LogP contribution in [0.2, 0.25) is 0 Å². The maximum Gasteiger partial charge on any atom is 0.209 e. The fourth-order valence-corrected chi connectivity index (χ4v) is 2.24. The quantitative estimate of drug-likeness (QED) is 0.705. The summed E-state index contributed by atoms with van der Waals surface area (Å²) in [6.45, 7) is 0.0269. The van der Waals surface area contributed by atoms with Gasteiger partial charge in [0, 0.05) is 12.3 Å². The second-order valence-electron chi connectivity index (χ2n) is 4.21. The van der Waals surface area contributed by atoms with Crippen LogP contribution in [0.4, 0.5) is 0 Å². The summed E-state index contributed by atoms with van der Waals surface area (Å²) in [5.74, 6) is 0. The van der Waals surface area contributed by atoms with Crippen molar-refractivity contribution in [2.75, 3.05) is 6.61 Å². The molecule has 6 nitrogen and oxygen atoms in total. The zero-order valence-corrected chi connectivity index (χ0v) is 9.14. The molecule has 2 aromatic heterocycles. The van der Waals surface area contributed by atoms with Gasteiger partial charge in [0.2, 0.25) is 5.43 Å². The number of aromatic amines is 2. The second kappa shape index (κ2) is 3.97. The van der Waals surface area contributed by atoms with Gasteiger partial charge in [0.25, 0.3) is 0 Å². The summed E-state index contributed by atoms with van der Waals surface area (Å²) in [5, 5.41) is 15.9. The van der Waals surface area contributed by atoms with Crippen LogP contribution in [0.1, 0.15) is 24.6 Å². The minimum Gasteiger partial charge on any atom is -0.394 e. The number of hydrogen-bond acceptors (Lipinski definition) is 4. The predicted octanol–water partition coefficient (Wildman–Crippen LogP) is 0.464. The van der Waals surface area contributed by atoms with E-state index in [9.17, 15) is 4.79 Å². The summed E-state index contributed by atoms with van der Waals surface area (Å²) in [7, 11) is 0. The Morgan fingerprint density at radius 2 is 2.41 bits per heavy atom. The number of aliphatic hydroxyl groups is 1. The van der Waals surface area contributed by atoms with Gasteiger partial charge in [-0.15, -0.1) is 0 Å². The lowest BCUT2D eigenvalue weighted by Crippen LogP contribution is -2.11. The molecule has 2 aromatic rings. The minimum absolute atomic E-state index is 0.0269. The van der Waals surface area contributed by atoms with Crippen LogP contribution in [0.5, 0.6) is 0 Å². The van der Waals surface area contributed by atoms with Crippen LogP contribution in [0.25, 0.3) is 11.0 Å². The normalized spacial score (nSPS) is 24.5. The van der Waals surface area contributed by atoms with Crippen LogP contribution in [-0.2, 0) is 4.74 Å². The van der Waals surface area contributed by atoms with Crippen molar-refractivity contribution in [2.24, 2.45) is 0 Å². The molecule has 2 atom stereocenters. The largest absolute Gasteiger partial charge is 0.394 e. The van der Waals surface area contributed by atoms with Crippen molar-refractivity contribution in [1.29, 1.82) is 0 Å². The SMILES string of the molecule is O=c1cc[nH]c2c([C@H]3CC[C@@H](CO)O3)[nH]nc12. The van der Waals surface area contributed by atoms with E-state index in [1.807, 2.05) is 0 Å². The topological polar surface area (TPSA) is 91.0 Å². The number of nitrogens with zero attached hydrogens (tertiary/aromatic N) is 1. The van der Waals surface area contributed by atoms with Crippen molar-refractivity contribution < 1.29 is 9.84 Å². The highest BCUT2D eigenvalue weighted by molar-refractivity contribution is 5.76. The van der Waals surface area contributed by atoms with Crippen LogP contribution >= 0.6 is 0 Å². The molecule has 0 spiro atoms. The molecule has 90 valence electrons. The number of aromatic nitrogens is 3.